The van der Waals surface area contributed by atoms with Crippen LogP contribution >= 0.6 is 0 Å². The van der Waals surface area contributed by atoms with Crippen LogP contribution in [-0.4, -0.2) is 53.0 Å². The van der Waals surface area contributed by atoms with Gasteiger partial charge in [0, 0.05) is 13.0 Å². The maximum Gasteiger partial charge on any atom is 0.410 e. The van der Waals surface area contributed by atoms with Crippen molar-refractivity contribution in [2.75, 3.05) is 13.7 Å². The number of benzene rings is 2. The lowest BCUT2D eigenvalue weighted by molar-refractivity contribution is -0.145. The highest BCUT2D eigenvalue weighted by Crippen LogP contribution is 2.44. The minimum atomic E-state index is -1.36. The van der Waals surface area contributed by atoms with Crippen LogP contribution in [0.25, 0.3) is 11.1 Å². The molecule has 2 unspecified atom stereocenters. The van der Waals surface area contributed by atoms with Crippen molar-refractivity contribution in [3.05, 3.63) is 59.7 Å². The number of carbonyl (C=O) groups is 2. The standard InChI is InChI=1S/C20H21NO5/c1-12(22)18(19(23)24)21(2)20(25)26-11-17-15-9-5-3-7-13(15)14-8-4-6-10-16(14)17/h3-10,12,17-18,22H,11H2,1-2H3,(H,23,24). The van der Waals surface area contributed by atoms with Crippen molar-refractivity contribution < 1.29 is 24.5 Å². The molecule has 2 atom stereocenters. The van der Waals surface area contributed by atoms with Crippen LogP contribution in [0.2, 0.25) is 0 Å². The normalized spacial score (nSPS) is 14.9. The molecule has 0 saturated carbocycles. The molecule has 0 saturated heterocycles. The SMILES string of the molecule is CC(O)C(C(=O)O)N(C)C(=O)OCC1c2ccccc2-c2ccccc21. The minimum Gasteiger partial charge on any atom is -0.480 e. The van der Waals surface area contributed by atoms with Crippen LogP contribution in [0.5, 0.6) is 0 Å². The molecule has 0 aromatic heterocycles. The lowest BCUT2D eigenvalue weighted by atomic mass is 9.98. The Morgan fingerprint density at radius 1 is 1.08 bits per heavy atom. The van der Waals surface area contributed by atoms with Crippen molar-refractivity contribution in [3.63, 3.8) is 0 Å². The number of hydrogen-bond acceptors (Lipinski definition) is 4. The number of nitrogens with zero attached hydrogens (tertiary/aromatic N) is 1. The molecule has 1 aliphatic rings. The quantitative estimate of drug-likeness (QED) is 0.861. The molecule has 136 valence electrons. The van der Waals surface area contributed by atoms with E-state index < -0.39 is 24.2 Å². The Morgan fingerprint density at radius 3 is 2.04 bits per heavy atom. The van der Waals surface area contributed by atoms with Crippen LogP contribution in [-0.2, 0) is 9.53 Å². The fourth-order valence-electron chi connectivity index (χ4n) is 3.50. The van der Waals surface area contributed by atoms with Gasteiger partial charge in [0.15, 0.2) is 6.04 Å². The summed E-state index contributed by atoms with van der Waals surface area (Å²) in [6.07, 6.45) is -1.99. The molecule has 6 heteroatoms. The first-order chi connectivity index (χ1) is 12.4. The summed E-state index contributed by atoms with van der Waals surface area (Å²) in [5.41, 5.74) is 4.39. The molecular weight excluding hydrogens is 334 g/mol. The van der Waals surface area contributed by atoms with Gasteiger partial charge in [-0.3, -0.25) is 4.90 Å². The van der Waals surface area contributed by atoms with Crippen LogP contribution < -0.4 is 0 Å². The summed E-state index contributed by atoms with van der Waals surface area (Å²) in [5, 5.41) is 18.8. The van der Waals surface area contributed by atoms with Crippen LogP contribution in [0, 0.1) is 0 Å². The fourth-order valence-corrected chi connectivity index (χ4v) is 3.50. The number of carbonyl (C=O) groups excluding carboxylic acids is 1. The number of fused-ring (bicyclic) bond motifs is 3. The summed E-state index contributed by atoms with van der Waals surface area (Å²) in [4.78, 5) is 24.5. The van der Waals surface area contributed by atoms with E-state index in [1.807, 2.05) is 48.5 Å². The van der Waals surface area contributed by atoms with Gasteiger partial charge in [-0.1, -0.05) is 48.5 Å². The topological polar surface area (TPSA) is 87.1 Å². The summed E-state index contributed by atoms with van der Waals surface area (Å²) >= 11 is 0. The molecule has 0 bridgehead atoms. The lowest BCUT2D eigenvalue weighted by Crippen LogP contribution is -2.49. The Hall–Kier alpha value is -2.86. The van der Waals surface area contributed by atoms with Gasteiger partial charge in [0.1, 0.15) is 6.61 Å². The average molecular weight is 355 g/mol. The Bertz CT molecular complexity index is 787. The number of rotatable bonds is 5. The van der Waals surface area contributed by atoms with E-state index in [9.17, 15) is 19.8 Å². The van der Waals surface area contributed by atoms with Gasteiger partial charge in [-0.15, -0.1) is 0 Å². The maximum atomic E-state index is 12.3. The summed E-state index contributed by atoms with van der Waals surface area (Å²) in [6, 6.07) is 14.6. The van der Waals surface area contributed by atoms with Crippen LogP contribution in [0.15, 0.2) is 48.5 Å². The first-order valence-electron chi connectivity index (χ1n) is 8.40. The number of likely N-dealkylation sites (N-methyl/N-ethyl adjacent to an activating group) is 1. The molecule has 2 N–H and O–H groups in total. The minimum absolute atomic E-state index is 0.101. The van der Waals surface area contributed by atoms with E-state index in [1.165, 1.54) is 14.0 Å². The van der Waals surface area contributed by atoms with E-state index in [0.717, 1.165) is 27.2 Å². The number of ether oxygens (including phenoxy) is 1. The van der Waals surface area contributed by atoms with Gasteiger partial charge in [0.05, 0.1) is 6.10 Å². The highest BCUT2D eigenvalue weighted by Gasteiger charge is 2.33. The molecule has 2 aromatic carbocycles. The highest BCUT2D eigenvalue weighted by atomic mass is 16.6. The lowest BCUT2D eigenvalue weighted by Gasteiger charge is -2.26. The first-order valence-corrected chi connectivity index (χ1v) is 8.40. The summed E-state index contributed by atoms with van der Waals surface area (Å²) in [6.45, 7) is 1.43. The van der Waals surface area contributed by atoms with Crippen molar-refractivity contribution >= 4 is 12.1 Å². The Morgan fingerprint density at radius 2 is 1.58 bits per heavy atom. The smallest absolute Gasteiger partial charge is 0.410 e. The first kappa shape index (κ1) is 17.9. The summed E-state index contributed by atoms with van der Waals surface area (Å²) in [5.74, 6) is -1.38. The molecule has 26 heavy (non-hydrogen) atoms. The Labute approximate surface area is 151 Å². The van der Waals surface area contributed by atoms with Crippen molar-refractivity contribution in [2.24, 2.45) is 0 Å². The molecule has 6 nitrogen and oxygen atoms in total. The van der Waals surface area contributed by atoms with Gasteiger partial charge >= 0.3 is 12.1 Å². The summed E-state index contributed by atoms with van der Waals surface area (Å²) in [7, 11) is 1.31. The van der Waals surface area contributed by atoms with Gasteiger partial charge in [0.25, 0.3) is 0 Å². The van der Waals surface area contributed by atoms with Crippen LogP contribution in [0.4, 0.5) is 4.79 Å². The van der Waals surface area contributed by atoms with Crippen molar-refractivity contribution in [1.82, 2.24) is 4.90 Å². The summed E-state index contributed by atoms with van der Waals surface area (Å²) < 4.78 is 5.40. The number of carboxylic acid groups (broad SMARTS) is 1. The zero-order valence-electron chi connectivity index (χ0n) is 14.6. The Balaban J connectivity index is 1.78. The molecule has 1 aliphatic carbocycles. The van der Waals surface area contributed by atoms with Gasteiger partial charge < -0.3 is 14.9 Å². The van der Waals surface area contributed by atoms with Gasteiger partial charge in [-0.2, -0.15) is 0 Å². The number of hydrogen-bond donors (Lipinski definition) is 2. The molecule has 0 aliphatic heterocycles. The zero-order chi connectivity index (χ0) is 18.8. The molecule has 0 radical (unpaired) electrons. The van der Waals surface area contributed by atoms with Gasteiger partial charge in [0.2, 0.25) is 0 Å². The second-order valence-corrected chi connectivity index (χ2v) is 6.44. The largest absolute Gasteiger partial charge is 0.480 e. The predicted molar refractivity (Wildman–Crippen MR) is 95.9 cm³/mol. The number of aliphatic hydroxyl groups is 1. The number of aliphatic carboxylic acids is 1. The van der Waals surface area contributed by atoms with E-state index in [2.05, 4.69) is 0 Å². The number of aliphatic hydroxyl groups excluding tert-OH is 1. The monoisotopic (exact) mass is 355 g/mol. The molecule has 0 spiro atoms. The van der Waals surface area contributed by atoms with E-state index in [0.29, 0.717) is 0 Å². The molecule has 0 heterocycles. The van der Waals surface area contributed by atoms with Crippen molar-refractivity contribution in [3.8, 4) is 11.1 Å². The number of carboxylic acids is 1. The second-order valence-electron chi connectivity index (χ2n) is 6.44. The van der Waals surface area contributed by atoms with E-state index in [-0.39, 0.29) is 12.5 Å². The third-order valence-electron chi connectivity index (χ3n) is 4.75. The zero-order valence-corrected chi connectivity index (χ0v) is 14.6. The third kappa shape index (κ3) is 3.15. The second kappa shape index (κ2) is 7.17. The molecular formula is C20H21NO5. The van der Waals surface area contributed by atoms with Crippen LogP contribution in [0.1, 0.15) is 24.0 Å². The van der Waals surface area contributed by atoms with Gasteiger partial charge in [-0.05, 0) is 29.2 Å². The molecule has 1 amide bonds. The third-order valence-corrected chi connectivity index (χ3v) is 4.75. The van der Waals surface area contributed by atoms with E-state index in [1.54, 1.807) is 0 Å². The van der Waals surface area contributed by atoms with Crippen molar-refractivity contribution in [1.29, 1.82) is 0 Å². The average Bonchev–Trinajstić information content (AvgIpc) is 2.93. The van der Waals surface area contributed by atoms with E-state index in [4.69, 9.17) is 4.74 Å². The van der Waals surface area contributed by atoms with Crippen molar-refractivity contribution in [2.45, 2.75) is 25.0 Å². The molecule has 3 rings (SSSR count). The van der Waals surface area contributed by atoms with Crippen LogP contribution in [0.3, 0.4) is 0 Å². The van der Waals surface area contributed by atoms with E-state index >= 15 is 0 Å². The van der Waals surface area contributed by atoms with Gasteiger partial charge in [-0.25, -0.2) is 9.59 Å². The predicted octanol–water partition coefficient (Wildman–Crippen LogP) is 2.70. The molecule has 2 aromatic rings. The molecule has 0 fully saturated rings. The fraction of sp³-hybridized carbons (Fsp3) is 0.300. The highest BCUT2D eigenvalue weighted by molar-refractivity contribution is 5.81. The number of amides is 1. The maximum absolute atomic E-state index is 12.3. The Kier molecular flexibility index (Phi) is 4.95.